The molecule has 1 aromatic rings. The SMILES string of the molecule is CCCC(Oc1cccc(N)c1)C(=O)O. The molecular formula is C11H15NO3. The average Bonchev–Trinajstić information content (AvgIpc) is 2.17. The lowest BCUT2D eigenvalue weighted by molar-refractivity contribution is -0.145. The number of carbonyl (C=O) groups is 1. The van der Waals surface area contributed by atoms with Crippen molar-refractivity contribution in [1.82, 2.24) is 0 Å². The summed E-state index contributed by atoms with van der Waals surface area (Å²) in [4.78, 5) is 10.8. The Hall–Kier alpha value is -1.71. The Morgan fingerprint density at radius 2 is 2.33 bits per heavy atom. The van der Waals surface area contributed by atoms with Gasteiger partial charge in [0.15, 0.2) is 6.10 Å². The van der Waals surface area contributed by atoms with Crippen LogP contribution in [0.4, 0.5) is 5.69 Å². The van der Waals surface area contributed by atoms with Crippen LogP contribution in [0.25, 0.3) is 0 Å². The average molecular weight is 209 g/mol. The molecule has 1 rings (SSSR count). The number of hydrogen-bond acceptors (Lipinski definition) is 3. The summed E-state index contributed by atoms with van der Waals surface area (Å²) >= 11 is 0. The summed E-state index contributed by atoms with van der Waals surface area (Å²) in [6.07, 6.45) is 0.459. The van der Waals surface area contributed by atoms with Crippen LogP contribution >= 0.6 is 0 Å². The second-order valence-electron chi connectivity index (χ2n) is 3.31. The minimum Gasteiger partial charge on any atom is -0.479 e. The molecule has 4 nitrogen and oxygen atoms in total. The Kier molecular flexibility index (Phi) is 3.97. The number of aliphatic carboxylic acids is 1. The van der Waals surface area contributed by atoms with E-state index in [1.54, 1.807) is 24.3 Å². The van der Waals surface area contributed by atoms with Crippen LogP contribution in [0, 0.1) is 0 Å². The highest BCUT2D eigenvalue weighted by Crippen LogP contribution is 2.17. The summed E-state index contributed by atoms with van der Waals surface area (Å²) < 4.78 is 5.32. The second kappa shape index (κ2) is 5.24. The van der Waals surface area contributed by atoms with Gasteiger partial charge < -0.3 is 15.6 Å². The number of benzene rings is 1. The van der Waals surface area contributed by atoms with Gasteiger partial charge in [0, 0.05) is 11.8 Å². The molecule has 1 aromatic carbocycles. The van der Waals surface area contributed by atoms with Gasteiger partial charge in [0.05, 0.1) is 0 Å². The molecular weight excluding hydrogens is 194 g/mol. The smallest absolute Gasteiger partial charge is 0.344 e. The summed E-state index contributed by atoms with van der Waals surface area (Å²) in [5.74, 6) is -0.449. The lowest BCUT2D eigenvalue weighted by atomic mass is 10.2. The summed E-state index contributed by atoms with van der Waals surface area (Å²) in [6.45, 7) is 1.92. The predicted octanol–water partition coefficient (Wildman–Crippen LogP) is 1.90. The number of nitrogen functional groups attached to an aromatic ring is 1. The molecule has 0 aromatic heterocycles. The molecule has 15 heavy (non-hydrogen) atoms. The van der Waals surface area contributed by atoms with E-state index in [0.717, 1.165) is 6.42 Å². The largest absolute Gasteiger partial charge is 0.479 e. The van der Waals surface area contributed by atoms with Crippen molar-refractivity contribution in [1.29, 1.82) is 0 Å². The van der Waals surface area contributed by atoms with Crippen LogP contribution in [0.5, 0.6) is 5.75 Å². The van der Waals surface area contributed by atoms with Gasteiger partial charge in [-0.05, 0) is 18.6 Å². The van der Waals surface area contributed by atoms with E-state index in [9.17, 15) is 4.79 Å². The van der Waals surface area contributed by atoms with Crippen molar-refractivity contribution >= 4 is 11.7 Å². The lowest BCUT2D eigenvalue weighted by Crippen LogP contribution is -2.26. The molecule has 0 saturated heterocycles. The van der Waals surface area contributed by atoms with Crippen LogP contribution in [0.3, 0.4) is 0 Å². The minimum atomic E-state index is -0.945. The van der Waals surface area contributed by atoms with Crippen LogP contribution in [0.15, 0.2) is 24.3 Å². The molecule has 0 saturated carbocycles. The monoisotopic (exact) mass is 209 g/mol. The first-order valence-electron chi connectivity index (χ1n) is 4.88. The maximum Gasteiger partial charge on any atom is 0.344 e. The van der Waals surface area contributed by atoms with Gasteiger partial charge in [0.1, 0.15) is 5.75 Å². The van der Waals surface area contributed by atoms with E-state index in [1.165, 1.54) is 0 Å². The first kappa shape index (κ1) is 11.4. The van der Waals surface area contributed by atoms with Crippen molar-refractivity contribution in [3.8, 4) is 5.75 Å². The Bertz CT molecular complexity index is 338. The van der Waals surface area contributed by atoms with Crippen molar-refractivity contribution in [2.75, 3.05) is 5.73 Å². The Balaban J connectivity index is 2.69. The maximum absolute atomic E-state index is 10.8. The van der Waals surface area contributed by atoms with Crippen molar-refractivity contribution in [3.63, 3.8) is 0 Å². The zero-order valence-electron chi connectivity index (χ0n) is 8.64. The predicted molar refractivity (Wildman–Crippen MR) is 57.8 cm³/mol. The third kappa shape index (κ3) is 3.50. The molecule has 0 aliphatic carbocycles. The Morgan fingerprint density at radius 1 is 1.60 bits per heavy atom. The third-order valence-corrected chi connectivity index (χ3v) is 1.96. The van der Waals surface area contributed by atoms with Crippen LogP contribution in [0.1, 0.15) is 19.8 Å². The van der Waals surface area contributed by atoms with Gasteiger partial charge in [-0.2, -0.15) is 0 Å². The molecule has 1 unspecified atom stereocenters. The molecule has 0 aliphatic heterocycles. The number of carboxylic acids is 1. The molecule has 0 radical (unpaired) electrons. The molecule has 82 valence electrons. The van der Waals surface area contributed by atoms with Crippen molar-refractivity contribution in [3.05, 3.63) is 24.3 Å². The molecule has 0 amide bonds. The fraction of sp³-hybridized carbons (Fsp3) is 0.364. The number of nitrogens with two attached hydrogens (primary N) is 1. The molecule has 1 atom stereocenters. The van der Waals surface area contributed by atoms with E-state index in [0.29, 0.717) is 17.9 Å². The Morgan fingerprint density at radius 3 is 2.87 bits per heavy atom. The van der Waals surface area contributed by atoms with Gasteiger partial charge in [0.2, 0.25) is 0 Å². The molecule has 0 aliphatic rings. The van der Waals surface area contributed by atoms with Gasteiger partial charge in [-0.25, -0.2) is 4.79 Å². The quantitative estimate of drug-likeness (QED) is 0.726. The fourth-order valence-corrected chi connectivity index (χ4v) is 1.25. The third-order valence-electron chi connectivity index (χ3n) is 1.96. The van der Waals surface area contributed by atoms with Crippen LogP contribution in [-0.2, 0) is 4.79 Å². The number of anilines is 1. The van der Waals surface area contributed by atoms with Gasteiger partial charge >= 0.3 is 5.97 Å². The first-order valence-corrected chi connectivity index (χ1v) is 4.88. The molecule has 3 N–H and O–H groups in total. The van der Waals surface area contributed by atoms with E-state index in [2.05, 4.69) is 0 Å². The van der Waals surface area contributed by atoms with Gasteiger partial charge in [-0.1, -0.05) is 19.4 Å². The summed E-state index contributed by atoms with van der Waals surface area (Å²) in [5.41, 5.74) is 6.12. The van der Waals surface area contributed by atoms with Crippen LogP contribution in [0.2, 0.25) is 0 Å². The van der Waals surface area contributed by atoms with E-state index in [1.807, 2.05) is 6.92 Å². The van der Waals surface area contributed by atoms with Crippen LogP contribution < -0.4 is 10.5 Å². The molecule has 0 spiro atoms. The normalized spacial score (nSPS) is 12.1. The highest BCUT2D eigenvalue weighted by atomic mass is 16.5. The standard InChI is InChI=1S/C11H15NO3/c1-2-4-10(11(13)14)15-9-6-3-5-8(12)7-9/h3,5-7,10H,2,4,12H2,1H3,(H,13,14). The summed E-state index contributed by atoms with van der Waals surface area (Å²) in [5, 5.41) is 8.88. The highest BCUT2D eigenvalue weighted by molar-refractivity contribution is 5.72. The number of hydrogen-bond donors (Lipinski definition) is 2. The van der Waals surface area contributed by atoms with Crippen molar-refractivity contribution in [2.24, 2.45) is 0 Å². The number of ether oxygens (including phenoxy) is 1. The van der Waals surface area contributed by atoms with Crippen LogP contribution in [-0.4, -0.2) is 17.2 Å². The highest BCUT2D eigenvalue weighted by Gasteiger charge is 2.17. The van der Waals surface area contributed by atoms with Gasteiger partial charge in [0.25, 0.3) is 0 Å². The van der Waals surface area contributed by atoms with Gasteiger partial charge in [-0.15, -0.1) is 0 Å². The summed E-state index contributed by atoms with van der Waals surface area (Å²) in [7, 11) is 0. The zero-order chi connectivity index (χ0) is 11.3. The van der Waals surface area contributed by atoms with Crippen molar-refractivity contribution < 1.29 is 14.6 Å². The number of carboxylic acid groups (broad SMARTS) is 1. The minimum absolute atomic E-state index is 0.490. The fourth-order valence-electron chi connectivity index (χ4n) is 1.25. The lowest BCUT2D eigenvalue weighted by Gasteiger charge is -2.14. The molecule has 0 fully saturated rings. The molecule has 4 heteroatoms. The zero-order valence-corrected chi connectivity index (χ0v) is 8.64. The van der Waals surface area contributed by atoms with Gasteiger partial charge in [-0.3, -0.25) is 0 Å². The van der Waals surface area contributed by atoms with E-state index in [-0.39, 0.29) is 0 Å². The van der Waals surface area contributed by atoms with E-state index < -0.39 is 12.1 Å². The first-order chi connectivity index (χ1) is 7.13. The second-order valence-corrected chi connectivity index (χ2v) is 3.31. The molecule has 0 bridgehead atoms. The van der Waals surface area contributed by atoms with Crippen molar-refractivity contribution in [2.45, 2.75) is 25.9 Å². The van der Waals surface area contributed by atoms with E-state index >= 15 is 0 Å². The topological polar surface area (TPSA) is 72.5 Å². The maximum atomic E-state index is 10.8. The Labute approximate surface area is 88.7 Å². The number of rotatable bonds is 5. The summed E-state index contributed by atoms with van der Waals surface area (Å²) in [6, 6.07) is 6.77. The van der Waals surface area contributed by atoms with E-state index in [4.69, 9.17) is 15.6 Å². The molecule has 0 heterocycles.